The lowest BCUT2D eigenvalue weighted by Crippen LogP contribution is -2.20. The Bertz CT molecular complexity index is 947. The minimum atomic E-state index is 0.599. The van der Waals surface area contributed by atoms with E-state index in [-0.39, 0.29) is 0 Å². The summed E-state index contributed by atoms with van der Waals surface area (Å²) in [7, 11) is 3.60. The van der Waals surface area contributed by atoms with Gasteiger partial charge in [-0.05, 0) is 12.1 Å². The minimum absolute atomic E-state index is 0.599. The average Bonchev–Trinajstić information content (AvgIpc) is 3.23. The van der Waals surface area contributed by atoms with E-state index in [0.717, 1.165) is 11.1 Å². The summed E-state index contributed by atoms with van der Waals surface area (Å²) in [5.74, 6) is 1.20. The van der Waals surface area contributed by atoms with E-state index in [9.17, 15) is 0 Å². The van der Waals surface area contributed by atoms with Crippen molar-refractivity contribution in [3.8, 4) is 0 Å². The third kappa shape index (κ3) is 5.66. The van der Waals surface area contributed by atoms with Crippen LogP contribution >= 0.6 is 24.4 Å². The highest BCUT2D eigenvalue weighted by Crippen LogP contribution is 2.08. The van der Waals surface area contributed by atoms with Gasteiger partial charge >= 0.3 is 0 Å². The zero-order valence-electron chi connectivity index (χ0n) is 16.1. The molecule has 3 rings (SSSR count). The monoisotopic (exact) mass is 420 g/mol. The van der Waals surface area contributed by atoms with Crippen LogP contribution < -0.4 is 0 Å². The standard InChI is InChI=1S/C22H20N4OS2/c1-25(21(28)17-9-5-3-6-10-17)23-15-19-13-14-20(27-19)16-24-26(2)22(29)18-11-7-4-8-12-18/h3-16H,1-2H3/b23-15+,24-16+. The maximum Gasteiger partial charge on any atom is 0.147 e. The normalized spacial score (nSPS) is 11.1. The Kier molecular flexibility index (Phi) is 6.99. The number of benzene rings is 2. The van der Waals surface area contributed by atoms with E-state index >= 15 is 0 Å². The lowest BCUT2D eigenvalue weighted by Gasteiger charge is -2.13. The summed E-state index contributed by atoms with van der Waals surface area (Å²) in [5, 5.41) is 12.0. The van der Waals surface area contributed by atoms with E-state index < -0.39 is 0 Å². The maximum absolute atomic E-state index is 5.72. The zero-order chi connectivity index (χ0) is 20.6. The number of nitrogens with zero attached hydrogens (tertiary/aromatic N) is 4. The fraction of sp³-hybridized carbons (Fsp3) is 0.0909. The van der Waals surface area contributed by atoms with Crippen LogP contribution in [0.3, 0.4) is 0 Å². The van der Waals surface area contributed by atoms with Crippen molar-refractivity contribution in [1.82, 2.24) is 10.0 Å². The van der Waals surface area contributed by atoms with Gasteiger partial charge < -0.3 is 4.42 Å². The molecule has 0 aliphatic rings. The van der Waals surface area contributed by atoms with Gasteiger partial charge in [-0.15, -0.1) is 0 Å². The molecule has 0 N–H and O–H groups in total. The predicted molar refractivity (Wildman–Crippen MR) is 126 cm³/mol. The lowest BCUT2D eigenvalue weighted by molar-refractivity contribution is 0.528. The van der Waals surface area contributed by atoms with E-state index in [1.165, 1.54) is 0 Å². The van der Waals surface area contributed by atoms with Crippen LogP contribution in [-0.2, 0) is 0 Å². The topological polar surface area (TPSA) is 44.3 Å². The third-order valence-electron chi connectivity index (χ3n) is 3.99. The molecule has 1 aromatic heterocycles. The number of rotatable bonds is 6. The highest BCUT2D eigenvalue weighted by Gasteiger charge is 2.07. The molecule has 0 bridgehead atoms. The molecule has 0 aliphatic heterocycles. The molecule has 2 aromatic carbocycles. The summed E-state index contributed by atoms with van der Waals surface area (Å²) < 4.78 is 5.72. The largest absolute Gasteiger partial charge is 0.454 e. The van der Waals surface area contributed by atoms with Crippen LogP contribution in [0, 0.1) is 0 Å². The van der Waals surface area contributed by atoms with Gasteiger partial charge in [0.2, 0.25) is 0 Å². The second kappa shape index (κ2) is 9.86. The van der Waals surface area contributed by atoms with E-state index in [4.69, 9.17) is 28.9 Å². The Balaban J connectivity index is 1.60. The molecule has 29 heavy (non-hydrogen) atoms. The molecule has 0 aliphatic carbocycles. The van der Waals surface area contributed by atoms with Crippen molar-refractivity contribution >= 4 is 46.8 Å². The predicted octanol–water partition coefficient (Wildman–Crippen LogP) is 4.56. The Morgan fingerprint density at radius 1 is 0.690 bits per heavy atom. The molecule has 0 saturated heterocycles. The highest BCUT2D eigenvalue weighted by atomic mass is 32.1. The van der Waals surface area contributed by atoms with Crippen LogP contribution in [0.1, 0.15) is 22.6 Å². The number of hydrazone groups is 2. The van der Waals surface area contributed by atoms with Gasteiger partial charge in [-0.25, -0.2) is 0 Å². The molecule has 7 heteroatoms. The smallest absolute Gasteiger partial charge is 0.147 e. The molecule has 0 amide bonds. The molecule has 0 saturated carbocycles. The Labute approximate surface area is 180 Å². The van der Waals surface area contributed by atoms with Crippen LogP contribution in [0.15, 0.2) is 87.4 Å². The van der Waals surface area contributed by atoms with Gasteiger partial charge in [-0.2, -0.15) is 10.2 Å². The Morgan fingerprint density at radius 2 is 1.07 bits per heavy atom. The summed E-state index contributed by atoms with van der Waals surface area (Å²) in [6, 6.07) is 23.1. The van der Waals surface area contributed by atoms with E-state index in [0.29, 0.717) is 21.5 Å². The minimum Gasteiger partial charge on any atom is -0.454 e. The number of furan rings is 1. The molecule has 5 nitrogen and oxygen atoms in total. The molecular formula is C22H20N4OS2. The van der Waals surface area contributed by atoms with E-state index in [1.54, 1.807) is 36.5 Å². The summed E-state index contributed by atoms with van der Waals surface area (Å²) >= 11 is 10.9. The van der Waals surface area contributed by atoms with E-state index in [2.05, 4.69) is 10.2 Å². The second-order valence-electron chi connectivity index (χ2n) is 6.12. The molecule has 146 valence electrons. The second-order valence-corrected chi connectivity index (χ2v) is 6.89. The fourth-order valence-corrected chi connectivity index (χ4v) is 2.80. The summed E-state index contributed by atoms with van der Waals surface area (Å²) in [6.07, 6.45) is 3.23. The average molecular weight is 421 g/mol. The Morgan fingerprint density at radius 3 is 1.45 bits per heavy atom. The van der Waals surface area contributed by atoms with Gasteiger partial charge in [0.15, 0.2) is 0 Å². The van der Waals surface area contributed by atoms with Crippen molar-refractivity contribution in [2.45, 2.75) is 0 Å². The van der Waals surface area contributed by atoms with Crippen molar-refractivity contribution in [2.24, 2.45) is 10.2 Å². The third-order valence-corrected chi connectivity index (χ3v) is 4.99. The molecule has 1 heterocycles. The zero-order valence-corrected chi connectivity index (χ0v) is 17.7. The van der Waals surface area contributed by atoms with Crippen LogP contribution in [0.4, 0.5) is 0 Å². The SMILES string of the molecule is CN(/N=C/c1ccc(/C=N/N(C)C(=S)c2ccccc2)o1)C(=S)c1ccccc1. The van der Waals surface area contributed by atoms with Crippen molar-refractivity contribution < 1.29 is 4.42 Å². The van der Waals surface area contributed by atoms with Crippen molar-refractivity contribution in [3.05, 3.63) is 95.4 Å². The highest BCUT2D eigenvalue weighted by molar-refractivity contribution is 7.80. The number of hydrogen-bond donors (Lipinski definition) is 0. The van der Waals surface area contributed by atoms with Gasteiger partial charge in [-0.3, -0.25) is 10.0 Å². The quantitative estimate of drug-likeness (QED) is 0.332. The maximum atomic E-state index is 5.72. The Hall–Kier alpha value is -3.16. The summed E-state index contributed by atoms with van der Waals surface area (Å²) in [5.41, 5.74) is 1.87. The first kappa shape index (κ1) is 20.6. The van der Waals surface area contributed by atoms with Crippen LogP contribution in [0.25, 0.3) is 0 Å². The van der Waals surface area contributed by atoms with Crippen molar-refractivity contribution in [3.63, 3.8) is 0 Å². The van der Waals surface area contributed by atoms with Crippen molar-refractivity contribution in [1.29, 1.82) is 0 Å². The molecule has 0 unspecified atom stereocenters. The number of hydrogen-bond acceptors (Lipinski definition) is 5. The summed E-state index contributed by atoms with van der Waals surface area (Å²) in [6.45, 7) is 0. The van der Waals surface area contributed by atoms with Crippen LogP contribution in [0.5, 0.6) is 0 Å². The van der Waals surface area contributed by atoms with E-state index in [1.807, 2.05) is 72.8 Å². The van der Waals surface area contributed by atoms with Gasteiger partial charge in [0, 0.05) is 25.2 Å². The fourth-order valence-electron chi connectivity index (χ4n) is 2.43. The first-order valence-corrected chi connectivity index (χ1v) is 9.70. The van der Waals surface area contributed by atoms with Gasteiger partial charge in [0.05, 0.1) is 12.4 Å². The van der Waals surface area contributed by atoms with Crippen molar-refractivity contribution in [2.75, 3.05) is 14.1 Å². The van der Waals surface area contributed by atoms with Gasteiger partial charge in [0.25, 0.3) is 0 Å². The van der Waals surface area contributed by atoms with Gasteiger partial charge in [0.1, 0.15) is 21.5 Å². The summed E-state index contributed by atoms with van der Waals surface area (Å²) in [4.78, 5) is 1.26. The molecule has 3 aromatic rings. The van der Waals surface area contributed by atoms with Gasteiger partial charge in [-0.1, -0.05) is 85.1 Å². The molecule has 0 spiro atoms. The lowest BCUT2D eigenvalue weighted by atomic mass is 10.2. The molecule has 0 atom stereocenters. The van der Waals surface area contributed by atoms with Crippen LogP contribution in [0.2, 0.25) is 0 Å². The molecule has 0 radical (unpaired) electrons. The molecule has 0 fully saturated rings. The number of thiocarbonyl (C=S) groups is 2. The molecular weight excluding hydrogens is 400 g/mol. The first-order valence-electron chi connectivity index (χ1n) is 8.88. The van der Waals surface area contributed by atoms with Crippen LogP contribution in [-0.4, -0.2) is 46.5 Å². The first-order chi connectivity index (χ1) is 14.0.